The zero-order chi connectivity index (χ0) is 20.5. The first kappa shape index (κ1) is 22.8. The third-order valence-electron chi connectivity index (χ3n) is 3.07. The van der Waals surface area contributed by atoms with E-state index in [4.69, 9.17) is 14.9 Å². The van der Waals surface area contributed by atoms with E-state index in [9.17, 15) is 24.3 Å². The first-order chi connectivity index (χ1) is 12.0. The van der Waals surface area contributed by atoms with Crippen LogP contribution in [-0.2, 0) is 28.7 Å². The average Bonchev–Trinajstić information content (AvgIpc) is 2.58. The van der Waals surface area contributed by atoms with Crippen molar-refractivity contribution in [2.75, 3.05) is 6.61 Å². The summed E-state index contributed by atoms with van der Waals surface area (Å²) in [6.45, 7) is 7.92. The molecule has 0 heterocycles. The predicted octanol–water partition coefficient (Wildman–Crippen LogP) is 0.606. The van der Waals surface area contributed by atoms with Crippen LogP contribution in [0.1, 0.15) is 13.8 Å². The Hall–Kier alpha value is -3.20. The van der Waals surface area contributed by atoms with E-state index in [1.54, 1.807) is 0 Å². The standard InChI is InChI=1S/C17H20O9/c1-5-13(19)25-9-12(18)17(26-14(20)6-2,7-10(3)15(21)22)8-11(4)16(23)24/h5-8,12,18H,1-2,9H2,3-4H3,(H,21,22)(H,23,24). The van der Waals surface area contributed by atoms with Crippen LogP contribution in [-0.4, -0.2) is 57.5 Å². The van der Waals surface area contributed by atoms with Crippen LogP contribution in [0.3, 0.4) is 0 Å². The summed E-state index contributed by atoms with van der Waals surface area (Å²) in [5.74, 6) is -4.77. The quantitative estimate of drug-likeness (QED) is 0.372. The van der Waals surface area contributed by atoms with Gasteiger partial charge in [0, 0.05) is 23.3 Å². The molecule has 0 aliphatic heterocycles. The van der Waals surface area contributed by atoms with E-state index >= 15 is 0 Å². The van der Waals surface area contributed by atoms with Crippen molar-refractivity contribution < 1.29 is 44.0 Å². The molecule has 0 radical (unpaired) electrons. The van der Waals surface area contributed by atoms with E-state index in [-0.39, 0.29) is 11.1 Å². The van der Waals surface area contributed by atoms with Crippen molar-refractivity contribution in [3.8, 4) is 0 Å². The second-order valence-corrected chi connectivity index (χ2v) is 5.09. The normalized spacial score (nSPS) is 15.2. The van der Waals surface area contributed by atoms with Crippen LogP contribution in [0.5, 0.6) is 0 Å². The highest BCUT2D eigenvalue weighted by atomic mass is 16.6. The summed E-state index contributed by atoms with van der Waals surface area (Å²) in [4.78, 5) is 45.2. The summed E-state index contributed by atoms with van der Waals surface area (Å²) in [5, 5.41) is 28.6. The summed E-state index contributed by atoms with van der Waals surface area (Å²) in [7, 11) is 0. The maximum Gasteiger partial charge on any atom is 0.331 e. The van der Waals surface area contributed by atoms with E-state index in [1.807, 2.05) is 0 Å². The van der Waals surface area contributed by atoms with Gasteiger partial charge in [0.2, 0.25) is 0 Å². The molecule has 0 aromatic rings. The summed E-state index contributed by atoms with van der Waals surface area (Å²) in [6, 6.07) is 0. The second-order valence-electron chi connectivity index (χ2n) is 5.09. The lowest BCUT2D eigenvalue weighted by atomic mass is 9.91. The number of hydrogen-bond donors (Lipinski definition) is 3. The molecule has 9 heteroatoms. The van der Waals surface area contributed by atoms with E-state index in [2.05, 4.69) is 17.9 Å². The fourth-order valence-corrected chi connectivity index (χ4v) is 1.73. The molecule has 0 saturated carbocycles. The maximum absolute atomic E-state index is 11.7. The highest BCUT2D eigenvalue weighted by Crippen LogP contribution is 2.26. The second kappa shape index (κ2) is 9.94. The molecule has 142 valence electrons. The molecule has 0 fully saturated rings. The van der Waals surface area contributed by atoms with Gasteiger partial charge in [-0.1, -0.05) is 13.2 Å². The Kier molecular flexibility index (Phi) is 8.72. The monoisotopic (exact) mass is 368 g/mol. The number of aliphatic carboxylic acids is 2. The minimum Gasteiger partial charge on any atom is -0.478 e. The lowest BCUT2D eigenvalue weighted by Gasteiger charge is -2.32. The summed E-state index contributed by atoms with van der Waals surface area (Å²) in [5.41, 5.74) is -2.95. The predicted molar refractivity (Wildman–Crippen MR) is 89.0 cm³/mol. The summed E-state index contributed by atoms with van der Waals surface area (Å²) < 4.78 is 9.73. The zero-order valence-electron chi connectivity index (χ0n) is 14.3. The van der Waals surface area contributed by atoms with Gasteiger partial charge in [0.05, 0.1) is 0 Å². The lowest BCUT2D eigenvalue weighted by Crippen LogP contribution is -2.47. The minimum absolute atomic E-state index is 0.356. The minimum atomic E-state index is -2.24. The van der Waals surface area contributed by atoms with Crippen LogP contribution < -0.4 is 0 Å². The Morgan fingerprint density at radius 3 is 1.73 bits per heavy atom. The Balaban J connectivity index is 6.32. The molecule has 0 amide bonds. The molecule has 0 bridgehead atoms. The molecule has 9 nitrogen and oxygen atoms in total. The molecule has 0 rings (SSSR count). The van der Waals surface area contributed by atoms with Crippen molar-refractivity contribution in [1.29, 1.82) is 0 Å². The molecule has 0 spiro atoms. The van der Waals surface area contributed by atoms with Crippen molar-refractivity contribution in [3.05, 3.63) is 48.6 Å². The number of carbonyl (C=O) groups excluding carboxylic acids is 2. The molecule has 0 aromatic heterocycles. The maximum atomic E-state index is 11.7. The molecule has 0 aromatic carbocycles. The molecule has 26 heavy (non-hydrogen) atoms. The van der Waals surface area contributed by atoms with Gasteiger partial charge in [-0.3, -0.25) is 0 Å². The number of esters is 2. The van der Waals surface area contributed by atoms with Gasteiger partial charge >= 0.3 is 23.9 Å². The number of aliphatic hydroxyl groups excluding tert-OH is 1. The fraction of sp³-hybridized carbons (Fsp3) is 0.294. The Morgan fingerprint density at radius 1 is 0.962 bits per heavy atom. The summed E-state index contributed by atoms with van der Waals surface area (Å²) in [6.07, 6.45) is 1.43. The molecule has 3 N–H and O–H groups in total. The molecule has 0 aliphatic carbocycles. The van der Waals surface area contributed by atoms with Gasteiger partial charge < -0.3 is 24.8 Å². The third-order valence-corrected chi connectivity index (χ3v) is 3.07. The Morgan fingerprint density at radius 2 is 1.38 bits per heavy atom. The van der Waals surface area contributed by atoms with Crippen LogP contribution in [0.15, 0.2) is 48.6 Å². The topological polar surface area (TPSA) is 147 Å². The van der Waals surface area contributed by atoms with Crippen LogP contribution >= 0.6 is 0 Å². The van der Waals surface area contributed by atoms with Crippen LogP contribution in [0, 0.1) is 0 Å². The molecule has 0 saturated heterocycles. The van der Waals surface area contributed by atoms with E-state index in [1.165, 1.54) is 0 Å². The van der Waals surface area contributed by atoms with Gasteiger partial charge in [0.1, 0.15) is 12.7 Å². The number of hydrogen-bond acceptors (Lipinski definition) is 7. The van der Waals surface area contributed by atoms with Crippen molar-refractivity contribution in [2.45, 2.75) is 25.6 Å². The first-order valence-corrected chi connectivity index (χ1v) is 7.17. The molecule has 0 aliphatic rings. The van der Waals surface area contributed by atoms with E-state index in [0.717, 1.165) is 38.2 Å². The number of rotatable bonds is 10. The zero-order valence-corrected chi connectivity index (χ0v) is 14.3. The molecular formula is C17H20O9. The van der Waals surface area contributed by atoms with E-state index in [0.29, 0.717) is 0 Å². The van der Waals surface area contributed by atoms with Gasteiger partial charge in [-0.15, -0.1) is 0 Å². The first-order valence-electron chi connectivity index (χ1n) is 7.17. The van der Waals surface area contributed by atoms with Crippen molar-refractivity contribution in [3.63, 3.8) is 0 Å². The van der Waals surface area contributed by atoms with Gasteiger partial charge in [0.15, 0.2) is 5.60 Å². The van der Waals surface area contributed by atoms with E-state index < -0.39 is 42.2 Å². The van der Waals surface area contributed by atoms with Crippen molar-refractivity contribution in [1.82, 2.24) is 0 Å². The highest BCUT2D eigenvalue weighted by molar-refractivity contribution is 5.88. The number of carbonyl (C=O) groups is 4. The van der Waals surface area contributed by atoms with Crippen LogP contribution in [0.4, 0.5) is 0 Å². The van der Waals surface area contributed by atoms with Crippen LogP contribution in [0.25, 0.3) is 0 Å². The van der Waals surface area contributed by atoms with Gasteiger partial charge in [-0.05, 0) is 26.0 Å². The van der Waals surface area contributed by atoms with Gasteiger partial charge in [-0.2, -0.15) is 0 Å². The van der Waals surface area contributed by atoms with Gasteiger partial charge in [-0.25, -0.2) is 19.2 Å². The SMILES string of the molecule is C=CC(=O)OCC(O)C(C=C(C)C(=O)O)(C=C(C)C(=O)O)OC(=O)C=C. The highest BCUT2D eigenvalue weighted by Gasteiger charge is 2.40. The van der Waals surface area contributed by atoms with Gasteiger partial charge in [0.25, 0.3) is 0 Å². The van der Waals surface area contributed by atoms with Crippen molar-refractivity contribution >= 4 is 23.9 Å². The fourth-order valence-electron chi connectivity index (χ4n) is 1.73. The lowest BCUT2D eigenvalue weighted by molar-refractivity contribution is -0.160. The third kappa shape index (κ3) is 6.73. The number of carboxylic acid groups (broad SMARTS) is 2. The smallest absolute Gasteiger partial charge is 0.331 e. The summed E-state index contributed by atoms with van der Waals surface area (Å²) >= 11 is 0. The molecular weight excluding hydrogens is 348 g/mol. The molecule has 1 atom stereocenters. The number of ether oxygens (including phenoxy) is 2. The number of aliphatic hydroxyl groups is 1. The molecule has 1 unspecified atom stereocenters. The Bertz CT molecular complexity index is 640. The average molecular weight is 368 g/mol. The van der Waals surface area contributed by atoms with Crippen molar-refractivity contribution in [2.24, 2.45) is 0 Å². The largest absolute Gasteiger partial charge is 0.478 e. The number of carboxylic acids is 2. The van der Waals surface area contributed by atoms with Crippen LogP contribution in [0.2, 0.25) is 0 Å². The Labute approximate surface area is 149 Å².